The number of nitrogens with one attached hydrogen (secondary N) is 4. The first-order chi connectivity index (χ1) is 29.7. The van der Waals surface area contributed by atoms with Crippen LogP contribution < -0.4 is 19.7 Å². The van der Waals surface area contributed by atoms with Crippen molar-refractivity contribution in [3.05, 3.63) is 118 Å². The zero-order valence-electron chi connectivity index (χ0n) is 33.5. The molecule has 1 atom stereocenters. The highest BCUT2D eigenvalue weighted by Crippen LogP contribution is 2.39. The molecular formula is C44H47N9O7S. The molecule has 2 saturated heterocycles. The van der Waals surface area contributed by atoms with Gasteiger partial charge in [0.05, 0.1) is 27.3 Å². The first-order valence-electron chi connectivity index (χ1n) is 20.7. The molecule has 316 valence electrons. The third-order valence-electron chi connectivity index (χ3n) is 12.1. The highest BCUT2D eigenvalue weighted by atomic mass is 32.2. The van der Waals surface area contributed by atoms with Crippen LogP contribution in [0.4, 0.5) is 17.1 Å². The number of benzene rings is 3. The fourth-order valence-corrected chi connectivity index (χ4v) is 9.81. The van der Waals surface area contributed by atoms with Gasteiger partial charge in [-0.25, -0.2) is 18.1 Å². The Kier molecular flexibility index (Phi) is 11.4. The molecule has 5 heterocycles. The van der Waals surface area contributed by atoms with Gasteiger partial charge in [-0.15, -0.1) is 0 Å². The van der Waals surface area contributed by atoms with Gasteiger partial charge in [-0.2, -0.15) is 5.10 Å². The molecule has 61 heavy (non-hydrogen) atoms. The van der Waals surface area contributed by atoms with Gasteiger partial charge < -0.3 is 24.7 Å². The maximum absolute atomic E-state index is 13.9. The minimum Gasteiger partial charge on any atom is -0.455 e. The fraction of sp³-hybridized carbons (Fsp3) is 0.341. The summed E-state index contributed by atoms with van der Waals surface area (Å²) in [5.41, 5.74) is 6.23. The first kappa shape index (κ1) is 40.1. The van der Waals surface area contributed by atoms with E-state index in [1.54, 1.807) is 36.7 Å². The molecule has 0 saturated carbocycles. The van der Waals surface area contributed by atoms with Gasteiger partial charge in [0.15, 0.2) is 0 Å². The van der Waals surface area contributed by atoms with Crippen molar-refractivity contribution in [1.29, 1.82) is 0 Å². The summed E-state index contributed by atoms with van der Waals surface area (Å²) >= 11 is 0. The van der Waals surface area contributed by atoms with Crippen LogP contribution in [0.5, 0.6) is 11.5 Å². The van der Waals surface area contributed by atoms with E-state index in [2.05, 4.69) is 58.2 Å². The Morgan fingerprint density at radius 2 is 1.84 bits per heavy atom. The molecule has 3 aromatic carbocycles. The minimum absolute atomic E-state index is 0.0347. The Balaban J connectivity index is 0.946. The van der Waals surface area contributed by atoms with Crippen molar-refractivity contribution in [1.82, 2.24) is 29.8 Å². The molecule has 16 nitrogen and oxygen atoms in total. The van der Waals surface area contributed by atoms with Crippen LogP contribution in [-0.4, -0.2) is 90.3 Å². The van der Waals surface area contributed by atoms with E-state index in [-0.39, 0.29) is 29.0 Å². The van der Waals surface area contributed by atoms with E-state index in [9.17, 15) is 23.3 Å². The molecule has 3 aliphatic rings. The van der Waals surface area contributed by atoms with E-state index in [1.165, 1.54) is 35.0 Å². The van der Waals surface area contributed by atoms with Crippen molar-refractivity contribution in [2.24, 2.45) is 5.92 Å². The molecular weight excluding hydrogens is 799 g/mol. The number of hydrogen-bond donors (Lipinski definition) is 4. The van der Waals surface area contributed by atoms with Crippen molar-refractivity contribution < 1.29 is 27.6 Å². The summed E-state index contributed by atoms with van der Waals surface area (Å²) in [6, 6.07) is 21.2. The maximum atomic E-state index is 13.9. The van der Waals surface area contributed by atoms with Gasteiger partial charge in [0.25, 0.3) is 21.6 Å². The Morgan fingerprint density at radius 1 is 0.984 bits per heavy atom. The number of hydrogen-bond acceptors (Lipinski definition) is 12. The monoisotopic (exact) mass is 845 g/mol. The van der Waals surface area contributed by atoms with Gasteiger partial charge in [-0.05, 0) is 91.6 Å². The zero-order valence-corrected chi connectivity index (χ0v) is 34.3. The van der Waals surface area contributed by atoms with Crippen LogP contribution in [0.25, 0.3) is 22.3 Å². The number of amides is 1. The van der Waals surface area contributed by atoms with E-state index in [0.29, 0.717) is 31.2 Å². The van der Waals surface area contributed by atoms with Crippen molar-refractivity contribution in [3.63, 3.8) is 0 Å². The number of pyridine rings is 1. The van der Waals surface area contributed by atoms with Crippen molar-refractivity contribution in [2.45, 2.75) is 49.5 Å². The quantitative estimate of drug-likeness (QED) is 0.0549. The second-order valence-electron chi connectivity index (χ2n) is 15.8. The Hall–Kier alpha value is -6.30. The average Bonchev–Trinajstić information content (AvgIpc) is 3.94. The number of aromatic amines is 2. The molecule has 1 amide bonds. The predicted molar refractivity (Wildman–Crippen MR) is 230 cm³/mol. The number of nitrogens with zero attached hydrogens (tertiary/aromatic N) is 5. The number of anilines is 2. The predicted octanol–water partition coefficient (Wildman–Crippen LogP) is 7.20. The molecule has 0 radical (unpaired) electrons. The zero-order chi connectivity index (χ0) is 41.9. The molecule has 3 aromatic heterocycles. The summed E-state index contributed by atoms with van der Waals surface area (Å²) in [5.74, 6) is -0.192. The lowest BCUT2D eigenvalue weighted by molar-refractivity contribution is -0.384. The average molecular weight is 846 g/mol. The Bertz CT molecular complexity index is 2650. The largest absolute Gasteiger partial charge is 0.455 e. The van der Waals surface area contributed by atoms with E-state index >= 15 is 0 Å². The number of carbonyl (C=O) groups excluding carboxylic acids is 1. The fourth-order valence-electron chi connectivity index (χ4n) is 8.82. The molecule has 6 aromatic rings. The van der Waals surface area contributed by atoms with Gasteiger partial charge in [-0.3, -0.25) is 24.9 Å². The lowest BCUT2D eigenvalue weighted by Gasteiger charge is -2.41. The van der Waals surface area contributed by atoms with Gasteiger partial charge in [0, 0.05) is 93.1 Å². The number of nitro benzene ring substituents is 1. The van der Waals surface area contributed by atoms with E-state index in [0.717, 1.165) is 87.5 Å². The Labute approximate surface area is 352 Å². The number of fused-ring (bicyclic) bond motifs is 2. The topological polar surface area (TPSA) is 201 Å². The van der Waals surface area contributed by atoms with Gasteiger partial charge in [0.1, 0.15) is 22.8 Å². The first-order valence-corrected chi connectivity index (χ1v) is 22.2. The summed E-state index contributed by atoms with van der Waals surface area (Å²) in [6.45, 7) is 4.82. The normalized spacial score (nSPS) is 17.7. The minimum atomic E-state index is -4.55. The number of sulfonamides is 1. The van der Waals surface area contributed by atoms with Gasteiger partial charge in [-0.1, -0.05) is 24.6 Å². The molecule has 1 aliphatic carbocycles. The molecule has 2 fully saturated rings. The van der Waals surface area contributed by atoms with Crippen LogP contribution >= 0.6 is 0 Å². The number of ether oxygens (including phenoxy) is 2. The van der Waals surface area contributed by atoms with Crippen LogP contribution in [0.1, 0.15) is 59.6 Å². The summed E-state index contributed by atoms with van der Waals surface area (Å²) in [7, 11) is -4.55. The number of carbonyl (C=O) groups is 1. The lowest BCUT2D eigenvalue weighted by atomic mass is 9.92. The van der Waals surface area contributed by atoms with Gasteiger partial charge in [0.2, 0.25) is 0 Å². The molecule has 1 unspecified atom stereocenters. The third kappa shape index (κ3) is 8.67. The highest BCUT2D eigenvalue weighted by molar-refractivity contribution is 7.90. The molecule has 2 aliphatic heterocycles. The van der Waals surface area contributed by atoms with Crippen LogP contribution in [-0.2, 0) is 21.2 Å². The van der Waals surface area contributed by atoms with E-state index in [4.69, 9.17) is 9.47 Å². The smallest absolute Gasteiger partial charge is 0.293 e. The number of aromatic nitrogens is 4. The SMILES string of the molecule is O=C(NS(=O)(=O)c1ccc(NCC2CCOCC2)c([N+](=O)[O-])c1)c1ccc(N2CCN(C3CCCCc4c(-c5ccn[nH]5)cccc43)CC2)cc1Oc1cnc2[nH]ccc2c1. The van der Waals surface area contributed by atoms with Crippen LogP contribution in [0.2, 0.25) is 0 Å². The maximum Gasteiger partial charge on any atom is 0.293 e. The molecule has 0 spiro atoms. The van der Waals surface area contributed by atoms with E-state index < -0.39 is 31.4 Å². The van der Waals surface area contributed by atoms with Crippen molar-refractivity contribution >= 4 is 44.0 Å². The highest BCUT2D eigenvalue weighted by Gasteiger charge is 2.31. The lowest BCUT2D eigenvalue weighted by Crippen LogP contribution is -2.47. The second-order valence-corrected chi connectivity index (χ2v) is 17.5. The van der Waals surface area contributed by atoms with Crippen molar-refractivity contribution in [3.8, 4) is 22.8 Å². The van der Waals surface area contributed by atoms with E-state index in [1.807, 2.05) is 12.1 Å². The van der Waals surface area contributed by atoms with Crippen LogP contribution in [0, 0.1) is 16.0 Å². The number of nitro groups is 1. The summed E-state index contributed by atoms with van der Waals surface area (Å²) in [6.07, 6.45) is 11.1. The van der Waals surface area contributed by atoms with Crippen LogP contribution in [0.15, 0.2) is 96.3 Å². The molecule has 0 bridgehead atoms. The molecule has 4 N–H and O–H groups in total. The van der Waals surface area contributed by atoms with Crippen molar-refractivity contribution in [2.75, 3.05) is 56.2 Å². The van der Waals surface area contributed by atoms with Crippen LogP contribution in [0.3, 0.4) is 0 Å². The number of H-pyrrole nitrogens is 2. The summed E-state index contributed by atoms with van der Waals surface area (Å²) in [4.78, 5) is 37.3. The molecule has 17 heteroatoms. The summed E-state index contributed by atoms with van der Waals surface area (Å²) in [5, 5.41) is 23.3. The number of piperazine rings is 1. The van der Waals surface area contributed by atoms with Gasteiger partial charge >= 0.3 is 0 Å². The molecule has 9 rings (SSSR count). The standard InChI is InChI=1S/C44H47N9O7S/c54-44(50-61(57,58)33-9-11-39(41(26-33)53(55)56)46-27-29-14-22-59-23-15-29)37-10-8-31(25-42(37)60-32-24-30-12-16-45-43(30)47-28-32)51-18-20-52(21-19-51)40-7-2-1-4-34-35(5-3-6-36(34)40)38-13-17-48-49-38/h3,5-6,8-13,16-17,24-26,28-29,40,46H,1-2,4,7,14-15,18-23,27H2,(H,45,47)(H,48,49)(H,50,54). The number of rotatable bonds is 12. The summed E-state index contributed by atoms with van der Waals surface area (Å²) < 4.78 is 41.2. The second kappa shape index (κ2) is 17.4. The third-order valence-corrected chi connectivity index (χ3v) is 13.4. The Morgan fingerprint density at radius 3 is 2.64 bits per heavy atom.